The second-order valence-corrected chi connectivity index (χ2v) is 12.6. The van der Waals surface area contributed by atoms with Gasteiger partial charge in [-0.25, -0.2) is 19.2 Å². The number of cyclic esters (lactones) is 1. The fourth-order valence-electron chi connectivity index (χ4n) is 5.28. The fraction of sp³-hybridized carbons (Fsp3) is 0.731. The number of carbonyl (C=O) groups is 7. The highest BCUT2D eigenvalue weighted by Gasteiger charge is 2.62. The van der Waals surface area contributed by atoms with E-state index in [1.165, 1.54) is 9.80 Å². The third-order valence-corrected chi connectivity index (χ3v) is 10.4. The lowest BCUT2D eigenvalue weighted by Gasteiger charge is -2.31. The number of aliphatic carboxylic acids is 2. The SMILES string of the molecule is CCOC(=O)C1(CSCC(C)C(=O)N2CCCC2C(=O)O)OC(=O)C(=O)C1SCC(C)C(=O)N1CCCC1C(=O)O. The van der Waals surface area contributed by atoms with E-state index in [1.54, 1.807) is 20.8 Å². The maximum atomic E-state index is 13.2. The Morgan fingerprint density at radius 1 is 0.951 bits per heavy atom. The predicted molar refractivity (Wildman–Crippen MR) is 147 cm³/mol. The minimum Gasteiger partial charge on any atom is -0.480 e. The molecule has 0 aromatic rings. The van der Waals surface area contributed by atoms with Gasteiger partial charge in [0.15, 0.2) is 0 Å². The first-order valence-electron chi connectivity index (χ1n) is 13.6. The minimum absolute atomic E-state index is 0.0148. The van der Waals surface area contributed by atoms with Crippen LogP contribution in [0.25, 0.3) is 0 Å². The van der Waals surface area contributed by atoms with E-state index in [1.807, 2.05) is 0 Å². The quantitative estimate of drug-likeness (QED) is 0.218. The highest BCUT2D eigenvalue weighted by molar-refractivity contribution is 8.01. The van der Waals surface area contributed by atoms with Gasteiger partial charge in [0, 0.05) is 42.2 Å². The van der Waals surface area contributed by atoms with Crippen LogP contribution in [0.4, 0.5) is 0 Å². The smallest absolute Gasteiger partial charge is 0.377 e. The summed E-state index contributed by atoms with van der Waals surface area (Å²) in [4.78, 5) is 90.0. The maximum absolute atomic E-state index is 13.2. The lowest BCUT2D eigenvalue weighted by Crippen LogP contribution is -2.51. The Bertz CT molecular complexity index is 1090. The molecule has 3 aliphatic rings. The molecule has 0 saturated carbocycles. The summed E-state index contributed by atoms with van der Waals surface area (Å²) >= 11 is 2.01. The number of Topliss-reactive ketones (excluding diaryl/α,β-unsaturated/α-hetero) is 1. The van der Waals surface area contributed by atoms with Crippen LogP contribution in [0.1, 0.15) is 46.5 Å². The summed E-state index contributed by atoms with van der Waals surface area (Å²) in [5, 5.41) is 17.5. The summed E-state index contributed by atoms with van der Waals surface area (Å²) in [7, 11) is 0. The molecule has 2 N–H and O–H groups in total. The zero-order chi connectivity index (χ0) is 30.5. The Labute approximate surface area is 246 Å². The molecule has 0 radical (unpaired) electrons. The summed E-state index contributed by atoms with van der Waals surface area (Å²) in [6.07, 6.45) is 1.87. The second kappa shape index (κ2) is 13.9. The van der Waals surface area contributed by atoms with E-state index >= 15 is 0 Å². The summed E-state index contributed by atoms with van der Waals surface area (Å²) in [6, 6.07) is -1.80. The Morgan fingerprint density at radius 3 is 1.95 bits per heavy atom. The monoisotopic (exact) mass is 616 g/mol. The number of hydrogen-bond acceptors (Lipinski definition) is 11. The lowest BCUT2D eigenvalue weighted by molar-refractivity contribution is -0.171. The van der Waals surface area contributed by atoms with Gasteiger partial charge in [0.25, 0.3) is 5.78 Å². The molecule has 6 atom stereocenters. The number of nitrogens with zero attached hydrogens (tertiary/aromatic N) is 2. The van der Waals surface area contributed by atoms with Crippen LogP contribution in [0, 0.1) is 11.8 Å². The zero-order valence-corrected chi connectivity index (χ0v) is 24.9. The minimum atomic E-state index is -1.99. The average molecular weight is 617 g/mol. The van der Waals surface area contributed by atoms with E-state index in [0.29, 0.717) is 38.8 Å². The predicted octanol–water partition coefficient (Wildman–Crippen LogP) is 0.673. The molecule has 41 heavy (non-hydrogen) atoms. The fourth-order valence-corrected chi connectivity index (χ4v) is 8.01. The molecular weight excluding hydrogens is 580 g/mol. The molecular formula is C26H36N2O11S2. The van der Waals surface area contributed by atoms with Gasteiger partial charge in [0.05, 0.1) is 6.61 Å². The van der Waals surface area contributed by atoms with Crippen molar-refractivity contribution in [1.82, 2.24) is 9.80 Å². The molecule has 0 aromatic carbocycles. The summed E-state index contributed by atoms with van der Waals surface area (Å²) in [5.41, 5.74) is -1.99. The molecule has 228 valence electrons. The number of esters is 2. The van der Waals surface area contributed by atoms with Crippen molar-refractivity contribution < 1.29 is 53.2 Å². The van der Waals surface area contributed by atoms with Crippen LogP contribution in [-0.2, 0) is 43.0 Å². The van der Waals surface area contributed by atoms with Gasteiger partial charge in [-0.1, -0.05) is 13.8 Å². The topological polar surface area (TPSA) is 185 Å². The number of carbonyl (C=O) groups excluding carboxylic acids is 5. The van der Waals surface area contributed by atoms with Crippen LogP contribution in [-0.4, -0.2) is 121 Å². The number of hydrogen-bond donors (Lipinski definition) is 2. The molecule has 3 fully saturated rings. The van der Waals surface area contributed by atoms with Crippen molar-refractivity contribution in [1.29, 1.82) is 0 Å². The number of ether oxygens (including phenoxy) is 2. The van der Waals surface area contributed by atoms with Crippen molar-refractivity contribution in [2.24, 2.45) is 11.8 Å². The van der Waals surface area contributed by atoms with Gasteiger partial charge >= 0.3 is 23.9 Å². The Morgan fingerprint density at radius 2 is 1.46 bits per heavy atom. The number of carboxylic acids is 2. The zero-order valence-electron chi connectivity index (χ0n) is 23.2. The standard InChI is InChI=1S/C26H36N2O11S2/c1-4-38-25(37)26(13-40-11-14(2)20(30)27-9-5-7-16(27)22(32)33)19(18(29)24(36)39-26)41-12-15(3)21(31)28-10-6-8-17(28)23(34)35/h14-17,19H,4-13H2,1-3H3,(H,32,33)(H,34,35). The van der Waals surface area contributed by atoms with E-state index in [4.69, 9.17) is 9.47 Å². The van der Waals surface area contributed by atoms with E-state index in [0.717, 1.165) is 23.5 Å². The summed E-state index contributed by atoms with van der Waals surface area (Å²) in [5.74, 6) is -7.31. The molecule has 3 rings (SSSR count). The van der Waals surface area contributed by atoms with Gasteiger partial charge < -0.3 is 29.5 Å². The van der Waals surface area contributed by atoms with Crippen molar-refractivity contribution in [3.8, 4) is 0 Å². The average Bonchev–Trinajstić information content (AvgIpc) is 3.66. The number of rotatable bonds is 13. The van der Waals surface area contributed by atoms with E-state index in [9.17, 15) is 43.8 Å². The van der Waals surface area contributed by atoms with Crippen LogP contribution in [0.2, 0.25) is 0 Å². The van der Waals surface area contributed by atoms with Crippen molar-refractivity contribution in [2.45, 2.75) is 69.4 Å². The van der Waals surface area contributed by atoms with Gasteiger partial charge in [-0.05, 0) is 32.6 Å². The first-order chi connectivity index (χ1) is 19.3. The largest absolute Gasteiger partial charge is 0.480 e. The maximum Gasteiger partial charge on any atom is 0.377 e. The third kappa shape index (κ3) is 6.99. The third-order valence-electron chi connectivity index (χ3n) is 7.44. The van der Waals surface area contributed by atoms with Crippen LogP contribution in [0.5, 0.6) is 0 Å². The molecule has 0 spiro atoms. The molecule has 3 aliphatic heterocycles. The van der Waals surface area contributed by atoms with Gasteiger partial charge in [0.1, 0.15) is 17.3 Å². The van der Waals surface area contributed by atoms with E-state index in [-0.39, 0.29) is 29.8 Å². The summed E-state index contributed by atoms with van der Waals surface area (Å²) < 4.78 is 10.6. The lowest BCUT2D eigenvalue weighted by atomic mass is 10.0. The Kier molecular flexibility index (Phi) is 11.1. The number of carboxylic acid groups (broad SMARTS) is 2. The first kappa shape index (κ1) is 32.7. The van der Waals surface area contributed by atoms with Crippen molar-refractivity contribution in [3.63, 3.8) is 0 Å². The van der Waals surface area contributed by atoms with E-state index in [2.05, 4.69) is 0 Å². The molecule has 0 aromatic heterocycles. The van der Waals surface area contributed by atoms with Gasteiger partial charge in [-0.15, -0.1) is 11.8 Å². The van der Waals surface area contributed by atoms with Gasteiger partial charge in [0.2, 0.25) is 17.4 Å². The molecule has 3 saturated heterocycles. The van der Waals surface area contributed by atoms with Crippen LogP contribution < -0.4 is 0 Å². The second-order valence-electron chi connectivity index (χ2n) is 10.5. The summed E-state index contributed by atoms with van der Waals surface area (Å²) in [6.45, 7) is 5.38. The first-order valence-corrected chi connectivity index (χ1v) is 15.8. The molecule has 3 heterocycles. The number of amides is 2. The van der Waals surface area contributed by atoms with Gasteiger partial charge in [-0.2, -0.15) is 11.8 Å². The van der Waals surface area contributed by atoms with Crippen molar-refractivity contribution in [2.75, 3.05) is 37.0 Å². The molecule has 15 heteroatoms. The number of ketones is 1. The number of likely N-dealkylation sites (tertiary alicyclic amines) is 2. The molecule has 2 amide bonds. The van der Waals surface area contributed by atoms with Crippen LogP contribution in [0.15, 0.2) is 0 Å². The van der Waals surface area contributed by atoms with Crippen molar-refractivity contribution >= 4 is 65.0 Å². The Balaban J connectivity index is 1.70. The van der Waals surface area contributed by atoms with Crippen LogP contribution >= 0.6 is 23.5 Å². The van der Waals surface area contributed by atoms with Crippen LogP contribution in [0.3, 0.4) is 0 Å². The van der Waals surface area contributed by atoms with Gasteiger partial charge in [-0.3, -0.25) is 14.4 Å². The number of thioether (sulfide) groups is 2. The highest BCUT2D eigenvalue weighted by Crippen LogP contribution is 2.39. The molecule has 0 aliphatic carbocycles. The van der Waals surface area contributed by atoms with Crippen molar-refractivity contribution in [3.05, 3.63) is 0 Å². The highest BCUT2D eigenvalue weighted by atomic mass is 32.2. The molecule has 0 bridgehead atoms. The molecule has 13 nitrogen and oxygen atoms in total. The normalized spacial score (nSPS) is 27.4. The molecule has 6 unspecified atom stereocenters. The van der Waals surface area contributed by atoms with E-state index < -0.39 is 70.3 Å². The Hall–Kier alpha value is -2.81.